The molecular weight excluding hydrogens is 721 g/mol. The van der Waals surface area contributed by atoms with Gasteiger partial charge in [-0.2, -0.15) is 0 Å². The average molecular weight is 778 g/mol. The molecule has 2 N–H and O–H groups in total. The molecule has 1 aromatic heterocycles. The maximum absolute atomic E-state index is 13.6. The first kappa shape index (κ1) is 47.8. The predicted octanol–water partition coefficient (Wildman–Crippen LogP) is 12.4. The van der Waals surface area contributed by atoms with E-state index in [1.165, 1.54) is 34.4 Å². The smallest absolute Gasteiger partial charge is 0.252 e. The van der Waals surface area contributed by atoms with Crippen LogP contribution in [0.5, 0.6) is 0 Å². The van der Waals surface area contributed by atoms with Crippen molar-refractivity contribution in [2.24, 2.45) is 5.73 Å². The molecule has 5 aromatic rings. The summed E-state index contributed by atoms with van der Waals surface area (Å²) >= 11 is 5.24. The third kappa shape index (κ3) is 16.8. The van der Waals surface area contributed by atoms with Crippen LogP contribution in [-0.2, 0) is 12.8 Å². The van der Waals surface area contributed by atoms with Crippen molar-refractivity contribution >= 4 is 35.0 Å². The molecule has 0 amide bonds. The zero-order valence-corrected chi connectivity index (χ0v) is 34.5. The quantitative estimate of drug-likeness (QED) is 0.113. The van der Waals surface area contributed by atoms with Crippen LogP contribution in [0.25, 0.3) is 0 Å². The number of ketones is 1. The normalized spacial score (nSPS) is 10.2. The lowest BCUT2D eigenvalue weighted by Gasteiger charge is -2.08. The lowest BCUT2D eigenvalue weighted by Crippen LogP contribution is -2.03. The van der Waals surface area contributed by atoms with Crippen molar-refractivity contribution in [3.8, 4) is 0 Å². The zero-order valence-electron chi connectivity index (χ0n) is 32.9. The van der Waals surface area contributed by atoms with Crippen LogP contribution in [0.1, 0.15) is 118 Å². The standard InChI is InChI=1S/C21H25FO.C11H17N.C9H8ClFO.C5H5N.ClH/c1-14(2)18-10-8-17(9-11-18)6-5-7-20(23)19-12-15(3)21(22)16(4)13-19;1-9(2)11-5-3-10(4-6-11)7-8-12;1-5-3-7(9(10)12)4-6(2)8(5)11;1-2-4-6-5-3-1;/h8-14H,5-7H2,1-4H3;3-6,9H,7-8,12H2,1-2H3;3-4H,1-2H3;1-5H;1H. The lowest BCUT2D eigenvalue weighted by atomic mass is 9.97. The Morgan fingerprint density at radius 1 is 0.648 bits per heavy atom. The van der Waals surface area contributed by atoms with Gasteiger partial charge in [-0.25, -0.2) is 8.78 Å². The molecule has 4 aromatic carbocycles. The highest BCUT2D eigenvalue weighted by Crippen LogP contribution is 2.19. The second kappa shape index (κ2) is 25.0. The Morgan fingerprint density at radius 2 is 1.04 bits per heavy atom. The number of rotatable bonds is 10. The average Bonchev–Trinajstić information content (AvgIpc) is 3.14. The molecule has 0 aliphatic rings. The largest absolute Gasteiger partial charge is 0.330 e. The number of benzene rings is 4. The summed E-state index contributed by atoms with van der Waals surface area (Å²) in [6, 6.07) is 29.2. The maximum Gasteiger partial charge on any atom is 0.252 e. The van der Waals surface area contributed by atoms with Gasteiger partial charge >= 0.3 is 0 Å². The number of aromatic nitrogens is 1. The molecule has 0 aliphatic carbocycles. The van der Waals surface area contributed by atoms with Gasteiger partial charge in [0.25, 0.3) is 5.24 Å². The summed E-state index contributed by atoms with van der Waals surface area (Å²) in [6.07, 6.45) is 6.69. The van der Waals surface area contributed by atoms with Gasteiger partial charge in [-0.05, 0) is 158 Å². The highest BCUT2D eigenvalue weighted by molar-refractivity contribution is 6.67. The van der Waals surface area contributed by atoms with Gasteiger partial charge in [0.2, 0.25) is 0 Å². The summed E-state index contributed by atoms with van der Waals surface area (Å²) < 4.78 is 26.6. The summed E-state index contributed by atoms with van der Waals surface area (Å²) in [5.74, 6) is 0.756. The number of nitrogens with two attached hydrogens (primary N) is 1. The number of carbonyl (C=O) groups excluding carboxylic acids is 2. The van der Waals surface area contributed by atoms with Crippen molar-refractivity contribution in [1.82, 2.24) is 4.98 Å². The molecule has 0 aliphatic heterocycles. The van der Waals surface area contributed by atoms with E-state index in [0.717, 1.165) is 25.8 Å². The highest BCUT2D eigenvalue weighted by Gasteiger charge is 2.11. The number of nitrogens with zero attached hydrogens (tertiary/aromatic N) is 1. The Morgan fingerprint density at radius 3 is 1.35 bits per heavy atom. The Bertz CT molecular complexity index is 1790. The van der Waals surface area contributed by atoms with Crippen LogP contribution in [-0.4, -0.2) is 22.6 Å². The van der Waals surface area contributed by atoms with Crippen LogP contribution in [0, 0.1) is 39.3 Å². The van der Waals surface area contributed by atoms with Gasteiger partial charge in [0.05, 0.1) is 0 Å². The van der Waals surface area contributed by atoms with E-state index in [-0.39, 0.29) is 29.8 Å². The molecule has 0 atom stereocenters. The SMILES string of the molecule is CC(C)c1ccc(CCN)cc1.Cc1cc(C(=O)CCCc2ccc(C(C)C)cc2)cc(C)c1F.Cc1cc(C(=O)Cl)cc(C)c1F.Cl.c1ccncc1. The highest BCUT2D eigenvalue weighted by atomic mass is 35.5. The van der Waals surface area contributed by atoms with Crippen molar-refractivity contribution < 1.29 is 18.4 Å². The van der Waals surface area contributed by atoms with Gasteiger partial charge < -0.3 is 5.73 Å². The molecular formula is C46H56Cl2F2N2O2. The van der Waals surface area contributed by atoms with E-state index < -0.39 is 5.24 Å². The summed E-state index contributed by atoms with van der Waals surface area (Å²) in [7, 11) is 0. The monoisotopic (exact) mass is 776 g/mol. The number of aryl methyl sites for hydroxylation is 5. The first-order valence-corrected chi connectivity index (χ1v) is 18.5. The number of Topliss-reactive ketones (excluding diaryl/α,β-unsaturated/α-hetero) is 1. The molecule has 1 heterocycles. The topological polar surface area (TPSA) is 73.1 Å². The molecule has 0 unspecified atom stereocenters. The van der Waals surface area contributed by atoms with Crippen molar-refractivity contribution in [3.05, 3.63) is 171 Å². The van der Waals surface area contributed by atoms with Gasteiger partial charge in [0.15, 0.2) is 5.78 Å². The van der Waals surface area contributed by atoms with Gasteiger partial charge in [0.1, 0.15) is 11.6 Å². The summed E-state index contributed by atoms with van der Waals surface area (Å²) in [5, 5.41) is -0.554. The maximum atomic E-state index is 13.6. The third-order valence-corrected chi connectivity index (χ3v) is 8.80. The molecule has 5 rings (SSSR count). The molecule has 4 nitrogen and oxygen atoms in total. The molecule has 0 spiro atoms. The molecule has 0 radical (unpaired) electrons. The van der Waals surface area contributed by atoms with Crippen LogP contribution in [0.2, 0.25) is 0 Å². The van der Waals surface area contributed by atoms with Crippen LogP contribution >= 0.6 is 24.0 Å². The number of hydrogen-bond acceptors (Lipinski definition) is 4. The van der Waals surface area contributed by atoms with Crippen LogP contribution < -0.4 is 5.73 Å². The third-order valence-electron chi connectivity index (χ3n) is 8.58. The fourth-order valence-corrected chi connectivity index (χ4v) is 5.49. The van der Waals surface area contributed by atoms with Crippen molar-refractivity contribution in [2.75, 3.05) is 6.54 Å². The van der Waals surface area contributed by atoms with Gasteiger partial charge in [0, 0.05) is 29.9 Å². The molecule has 0 bridgehead atoms. The lowest BCUT2D eigenvalue weighted by molar-refractivity contribution is 0.0979. The van der Waals surface area contributed by atoms with E-state index in [4.69, 9.17) is 17.3 Å². The zero-order chi connectivity index (χ0) is 39.5. The van der Waals surface area contributed by atoms with Crippen molar-refractivity contribution in [2.45, 2.75) is 92.9 Å². The van der Waals surface area contributed by atoms with E-state index in [0.29, 0.717) is 51.6 Å². The molecule has 0 fully saturated rings. The van der Waals surface area contributed by atoms with Gasteiger partial charge in [-0.15, -0.1) is 12.4 Å². The van der Waals surface area contributed by atoms with Crippen LogP contribution in [0.15, 0.2) is 103 Å². The summed E-state index contributed by atoms with van der Waals surface area (Å²) in [5.41, 5.74) is 13.7. The summed E-state index contributed by atoms with van der Waals surface area (Å²) in [6.45, 7) is 16.1. The minimum atomic E-state index is -0.554. The van der Waals surface area contributed by atoms with Gasteiger partial charge in [-0.1, -0.05) is 82.3 Å². The van der Waals surface area contributed by atoms with Crippen molar-refractivity contribution in [3.63, 3.8) is 0 Å². The second-order valence-electron chi connectivity index (χ2n) is 13.8. The Balaban J connectivity index is 0.000000397. The Kier molecular flexibility index (Phi) is 22.1. The van der Waals surface area contributed by atoms with Crippen LogP contribution in [0.4, 0.5) is 8.78 Å². The van der Waals surface area contributed by atoms with Crippen LogP contribution in [0.3, 0.4) is 0 Å². The van der Waals surface area contributed by atoms with E-state index in [1.54, 1.807) is 52.2 Å². The Labute approximate surface area is 333 Å². The minimum absolute atomic E-state index is 0. The van der Waals surface area contributed by atoms with E-state index in [1.807, 2.05) is 18.2 Å². The number of carbonyl (C=O) groups is 2. The van der Waals surface area contributed by atoms with Crippen molar-refractivity contribution in [1.29, 1.82) is 0 Å². The number of pyridine rings is 1. The molecule has 54 heavy (non-hydrogen) atoms. The number of hydrogen-bond donors (Lipinski definition) is 1. The first-order valence-electron chi connectivity index (χ1n) is 18.1. The predicted molar refractivity (Wildman–Crippen MR) is 225 cm³/mol. The molecule has 0 saturated heterocycles. The first-order chi connectivity index (χ1) is 25.1. The minimum Gasteiger partial charge on any atom is -0.330 e. The fraction of sp³-hybridized carbons (Fsp3) is 0.326. The molecule has 290 valence electrons. The summed E-state index contributed by atoms with van der Waals surface area (Å²) in [4.78, 5) is 26.8. The second-order valence-corrected chi connectivity index (χ2v) is 14.1. The van der Waals surface area contributed by atoms with E-state index in [9.17, 15) is 18.4 Å². The Hall–Kier alpha value is -4.23. The van der Waals surface area contributed by atoms with E-state index >= 15 is 0 Å². The van der Waals surface area contributed by atoms with E-state index in [2.05, 4.69) is 81.2 Å². The molecule has 0 saturated carbocycles. The van der Waals surface area contributed by atoms with Gasteiger partial charge in [-0.3, -0.25) is 14.6 Å². The fourth-order valence-electron chi connectivity index (χ4n) is 5.38. The molecule has 8 heteroatoms. The number of halogens is 4.